The van der Waals surface area contributed by atoms with E-state index in [1.165, 1.54) is 22.4 Å². The molecule has 0 aromatic heterocycles. The Morgan fingerprint density at radius 3 is 2.10 bits per heavy atom. The van der Waals surface area contributed by atoms with Crippen molar-refractivity contribution in [1.82, 2.24) is 0 Å². The number of rotatable bonds is 3. The zero-order valence-corrected chi connectivity index (χ0v) is 12.8. The number of benzene rings is 2. The highest BCUT2D eigenvalue weighted by molar-refractivity contribution is 5.54. The summed E-state index contributed by atoms with van der Waals surface area (Å²) in [6.07, 6.45) is 2.11. The van der Waals surface area contributed by atoms with Crippen molar-refractivity contribution in [3.8, 4) is 0 Å². The van der Waals surface area contributed by atoms with E-state index in [0.717, 1.165) is 19.4 Å². The zero-order chi connectivity index (χ0) is 14.9. The van der Waals surface area contributed by atoms with Gasteiger partial charge in [-0.25, -0.2) is 0 Å². The molecule has 0 unspecified atom stereocenters. The third-order valence-electron chi connectivity index (χ3n) is 4.68. The van der Waals surface area contributed by atoms with Crippen molar-refractivity contribution in [3.05, 3.63) is 65.2 Å². The topological polar surface area (TPSA) is 23.5 Å². The number of nitrogens with zero attached hydrogens (tertiary/aromatic N) is 1. The van der Waals surface area contributed by atoms with Gasteiger partial charge >= 0.3 is 0 Å². The second-order valence-electron chi connectivity index (χ2n) is 6.15. The predicted octanol–water partition coefficient (Wildman–Crippen LogP) is 3.79. The van der Waals surface area contributed by atoms with Gasteiger partial charge in [0.2, 0.25) is 0 Å². The zero-order valence-electron chi connectivity index (χ0n) is 12.8. The number of aliphatic hydroxyl groups is 1. The summed E-state index contributed by atoms with van der Waals surface area (Å²) in [5, 5.41) is 10.2. The van der Waals surface area contributed by atoms with Crippen LogP contribution in [0.5, 0.6) is 0 Å². The molecule has 1 N–H and O–H groups in total. The van der Waals surface area contributed by atoms with Crippen LogP contribution < -0.4 is 4.90 Å². The summed E-state index contributed by atoms with van der Waals surface area (Å²) in [6, 6.07) is 17.2. The number of hydrogen-bond donors (Lipinski definition) is 1. The molecule has 2 aromatic rings. The molecular formula is C19H23NO. The summed E-state index contributed by atoms with van der Waals surface area (Å²) < 4.78 is 0. The lowest BCUT2D eigenvalue weighted by molar-refractivity contribution is 0.198. The van der Waals surface area contributed by atoms with E-state index < -0.39 is 0 Å². The minimum Gasteiger partial charge on any atom is -0.394 e. The van der Waals surface area contributed by atoms with Gasteiger partial charge in [-0.1, -0.05) is 47.5 Å². The molecule has 1 heterocycles. The fourth-order valence-corrected chi connectivity index (χ4v) is 3.40. The van der Waals surface area contributed by atoms with Crippen molar-refractivity contribution in [1.29, 1.82) is 0 Å². The molecule has 2 nitrogen and oxygen atoms in total. The van der Waals surface area contributed by atoms with Gasteiger partial charge < -0.3 is 10.0 Å². The van der Waals surface area contributed by atoms with Gasteiger partial charge in [0.05, 0.1) is 12.1 Å². The molecule has 2 heteroatoms. The predicted molar refractivity (Wildman–Crippen MR) is 87.7 cm³/mol. The summed E-state index contributed by atoms with van der Waals surface area (Å²) in [5.41, 5.74) is 4.67. The van der Waals surface area contributed by atoms with E-state index in [1.54, 1.807) is 0 Å². The molecule has 2 aromatic carbocycles. The number of aliphatic hydroxyl groups excluding tert-OH is 1. The van der Waals surface area contributed by atoms with E-state index in [1.807, 2.05) is 0 Å². The van der Waals surface area contributed by atoms with Crippen LogP contribution in [-0.2, 0) is 5.54 Å². The van der Waals surface area contributed by atoms with E-state index in [-0.39, 0.29) is 12.1 Å². The summed E-state index contributed by atoms with van der Waals surface area (Å²) >= 11 is 0. The maximum atomic E-state index is 10.2. The minimum atomic E-state index is -0.275. The molecule has 3 rings (SSSR count). The normalized spacial score (nSPS) is 21.8. The molecule has 0 aliphatic carbocycles. The molecule has 0 spiro atoms. The van der Waals surface area contributed by atoms with Crippen LogP contribution in [0.3, 0.4) is 0 Å². The first kappa shape index (κ1) is 14.2. The largest absolute Gasteiger partial charge is 0.394 e. The molecule has 1 atom stereocenters. The van der Waals surface area contributed by atoms with Crippen LogP contribution in [0.25, 0.3) is 0 Å². The third kappa shape index (κ3) is 2.44. The van der Waals surface area contributed by atoms with Gasteiger partial charge in [0.15, 0.2) is 0 Å². The molecule has 1 aliphatic rings. The fourth-order valence-electron chi connectivity index (χ4n) is 3.40. The van der Waals surface area contributed by atoms with E-state index in [4.69, 9.17) is 0 Å². The lowest BCUT2D eigenvalue weighted by atomic mass is 9.87. The first-order chi connectivity index (χ1) is 10.2. The van der Waals surface area contributed by atoms with Crippen LogP contribution in [0.1, 0.15) is 29.5 Å². The average molecular weight is 281 g/mol. The standard InChI is InChI=1S/C19H23NO/c1-15-4-8-17(9-5-15)19(14-21)12-3-13-20(19)18-10-6-16(2)7-11-18/h4-11,21H,3,12-14H2,1-2H3/t19-/m1/s1. The summed E-state index contributed by atoms with van der Waals surface area (Å²) in [6.45, 7) is 5.36. The number of anilines is 1. The highest BCUT2D eigenvalue weighted by Crippen LogP contribution is 2.41. The highest BCUT2D eigenvalue weighted by Gasteiger charge is 2.42. The minimum absolute atomic E-state index is 0.157. The molecule has 1 fully saturated rings. The Labute approximate surface area is 127 Å². The number of hydrogen-bond acceptors (Lipinski definition) is 2. The van der Waals surface area contributed by atoms with E-state index in [0.29, 0.717) is 0 Å². The molecule has 0 saturated carbocycles. The smallest absolute Gasteiger partial charge is 0.0884 e. The van der Waals surface area contributed by atoms with Crippen molar-refractivity contribution in [2.75, 3.05) is 18.1 Å². The lowest BCUT2D eigenvalue weighted by Crippen LogP contribution is -2.44. The van der Waals surface area contributed by atoms with Crippen LogP contribution in [0, 0.1) is 13.8 Å². The van der Waals surface area contributed by atoms with Crippen molar-refractivity contribution in [2.24, 2.45) is 0 Å². The van der Waals surface area contributed by atoms with Gasteiger partial charge in [0, 0.05) is 12.2 Å². The average Bonchev–Trinajstić information content (AvgIpc) is 2.94. The van der Waals surface area contributed by atoms with Crippen molar-refractivity contribution >= 4 is 5.69 Å². The van der Waals surface area contributed by atoms with Gasteiger partial charge in [0.1, 0.15) is 0 Å². The summed E-state index contributed by atoms with van der Waals surface area (Å²) in [7, 11) is 0. The van der Waals surface area contributed by atoms with Gasteiger partial charge in [0.25, 0.3) is 0 Å². The monoisotopic (exact) mass is 281 g/mol. The molecule has 0 radical (unpaired) electrons. The van der Waals surface area contributed by atoms with E-state index in [9.17, 15) is 5.11 Å². The molecule has 0 bridgehead atoms. The second-order valence-corrected chi connectivity index (χ2v) is 6.15. The van der Waals surface area contributed by atoms with Gasteiger partial charge in [-0.15, -0.1) is 0 Å². The summed E-state index contributed by atoms with van der Waals surface area (Å²) in [4.78, 5) is 2.37. The van der Waals surface area contributed by atoms with Crippen LogP contribution >= 0.6 is 0 Å². The second kappa shape index (κ2) is 5.53. The Balaban J connectivity index is 2.03. The molecule has 21 heavy (non-hydrogen) atoms. The van der Waals surface area contributed by atoms with Crippen LogP contribution in [0.4, 0.5) is 5.69 Å². The molecule has 110 valence electrons. The van der Waals surface area contributed by atoms with Crippen LogP contribution in [0.15, 0.2) is 48.5 Å². The van der Waals surface area contributed by atoms with Crippen molar-refractivity contribution < 1.29 is 5.11 Å². The number of aryl methyl sites for hydroxylation is 2. The Kier molecular flexibility index (Phi) is 3.73. The first-order valence-corrected chi connectivity index (χ1v) is 7.68. The third-order valence-corrected chi connectivity index (χ3v) is 4.68. The molecular weight excluding hydrogens is 258 g/mol. The Hall–Kier alpha value is -1.80. The quantitative estimate of drug-likeness (QED) is 0.925. The molecule has 1 saturated heterocycles. The van der Waals surface area contributed by atoms with Crippen molar-refractivity contribution in [3.63, 3.8) is 0 Å². The Morgan fingerprint density at radius 2 is 1.52 bits per heavy atom. The SMILES string of the molecule is Cc1ccc(N2CCC[C@@]2(CO)c2ccc(C)cc2)cc1. The molecule has 0 amide bonds. The van der Waals surface area contributed by atoms with Crippen LogP contribution in [0.2, 0.25) is 0 Å². The first-order valence-electron chi connectivity index (χ1n) is 7.68. The Bertz CT molecular complexity index is 602. The van der Waals surface area contributed by atoms with E-state index in [2.05, 4.69) is 67.3 Å². The van der Waals surface area contributed by atoms with Gasteiger partial charge in [-0.2, -0.15) is 0 Å². The van der Waals surface area contributed by atoms with Crippen molar-refractivity contribution in [2.45, 2.75) is 32.2 Å². The molecule has 1 aliphatic heterocycles. The van der Waals surface area contributed by atoms with Gasteiger partial charge in [-0.05, 0) is 44.4 Å². The van der Waals surface area contributed by atoms with Crippen LogP contribution in [-0.4, -0.2) is 18.3 Å². The highest BCUT2D eigenvalue weighted by atomic mass is 16.3. The maximum Gasteiger partial charge on any atom is 0.0884 e. The lowest BCUT2D eigenvalue weighted by Gasteiger charge is -2.39. The van der Waals surface area contributed by atoms with Gasteiger partial charge in [-0.3, -0.25) is 0 Å². The Morgan fingerprint density at radius 1 is 0.952 bits per heavy atom. The fraction of sp³-hybridized carbons (Fsp3) is 0.368. The maximum absolute atomic E-state index is 10.2. The summed E-state index contributed by atoms with van der Waals surface area (Å²) in [5.74, 6) is 0. The van der Waals surface area contributed by atoms with E-state index >= 15 is 0 Å².